The zero-order chi connectivity index (χ0) is 17.1. The Balaban J connectivity index is 1.38. The summed E-state index contributed by atoms with van der Waals surface area (Å²) < 4.78 is 5.19. The van der Waals surface area contributed by atoms with Crippen LogP contribution in [-0.2, 0) is 13.0 Å². The van der Waals surface area contributed by atoms with Gasteiger partial charge >= 0.3 is 0 Å². The first-order valence-corrected chi connectivity index (χ1v) is 7.85. The third-order valence-electron chi connectivity index (χ3n) is 3.80. The molecule has 25 heavy (non-hydrogen) atoms. The van der Waals surface area contributed by atoms with Crippen molar-refractivity contribution in [2.24, 2.45) is 0 Å². The Bertz CT molecular complexity index is 1010. The number of benzene rings is 2. The van der Waals surface area contributed by atoms with E-state index in [1.54, 1.807) is 24.5 Å². The van der Waals surface area contributed by atoms with Gasteiger partial charge in [0.05, 0.1) is 23.9 Å². The fraction of sp³-hybridized carbons (Fsp3) is 0.111. The number of hydrogen-bond donors (Lipinski definition) is 2. The van der Waals surface area contributed by atoms with Crippen LogP contribution in [0.2, 0.25) is 0 Å². The van der Waals surface area contributed by atoms with Crippen molar-refractivity contribution in [3.63, 3.8) is 0 Å². The van der Waals surface area contributed by atoms with Gasteiger partial charge in [0.15, 0.2) is 5.82 Å². The highest BCUT2D eigenvalue weighted by Gasteiger charge is 2.11. The number of imidazole rings is 1. The monoisotopic (exact) mass is 333 g/mol. The van der Waals surface area contributed by atoms with Crippen molar-refractivity contribution in [3.8, 4) is 0 Å². The second kappa shape index (κ2) is 6.56. The van der Waals surface area contributed by atoms with Gasteiger partial charge in [-0.1, -0.05) is 35.5 Å². The highest BCUT2D eigenvalue weighted by molar-refractivity contribution is 5.97. The molecule has 2 aromatic carbocycles. The first-order valence-electron chi connectivity index (χ1n) is 7.85. The van der Waals surface area contributed by atoms with Gasteiger partial charge in [-0.05, 0) is 23.8 Å². The van der Waals surface area contributed by atoms with Crippen molar-refractivity contribution in [1.29, 1.82) is 0 Å². The lowest BCUT2D eigenvalue weighted by Crippen LogP contribution is -2.22. The van der Waals surface area contributed by atoms with Gasteiger partial charge in [-0.15, -0.1) is 0 Å². The van der Waals surface area contributed by atoms with Crippen LogP contribution in [0.1, 0.15) is 27.6 Å². The number of carbonyl (C=O) groups is 1. The molecule has 4 aromatic rings. The first kappa shape index (κ1) is 15.1. The molecule has 0 unspecified atom stereocenters. The molecule has 0 atom stereocenters. The zero-order valence-electron chi connectivity index (χ0n) is 13.3. The number of H-pyrrole nitrogens is 1. The minimum atomic E-state index is -0.209. The molecule has 0 bridgehead atoms. The van der Waals surface area contributed by atoms with Crippen molar-refractivity contribution in [1.82, 2.24) is 25.4 Å². The highest BCUT2D eigenvalue weighted by Crippen LogP contribution is 2.12. The van der Waals surface area contributed by atoms with Crippen molar-refractivity contribution < 1.29 is 9.32 Å². The molecule has 4 rings (SSSR count). The molecule has 0 spiro atoms. The minimum Gasteiger partial charge on any atom is -0.345 e. The quantitative estimate of drug-likeness (QED) is 0.585. The smallest absolute Gasteiger partial charge is 0.251 e. The predicted octanol–water partition coefficient (Wildman–Crippen LogP) is 2.47. The maximum Gasteiger partial charge on any atom is 0.251 e. The average Bonchev–Trinajstić information content (AvgIpc) is 3.29. The Morgan fingerprint density at radius 2 is 2.04 bits per heavy atom. The Morgan fingerprint density at radius 3 is 2.92 bits per heavy atom. The van der Waals surface area contributed by atoms with Crippen molar-refractivity contribution >= 4 is 16.9 Å². The van der Waals surface area contributed by atoms with Crippen molar-refractivity contribution in [3.05, 3.63) is 77.7 Å². The first-order chi connectivity index (χ1) is 12.3. The summed E-state index contributed by atoms with van der Waals surface area (Å²) in [7, 11) is 0. The van der Waals surface area contributed by atoms with E-state index in [-0.39, 0.29) is 12.5 Å². The molecule has 1 amide bonds. The topological polar surface area (TPSA) is 96.7 Å². The van der Waals surface area contributed by atoms with Crippen LogP contribution in [0.3, 0.4) is 0 Å². The number of aromatic amines is 1. The molecule has 7 nitrogen and oxygen atoms in total. The lowest BCUT2D eigenvalue weighted by molar-refractivity contribution is 0.0946. The summed E-state index contributed by atoms with van der Waals surface area (Å²) in [5.41, 5.74) is 3.28. The van der Waals surface area contributed by atoms with Gasteiger partial charge in [-0.25, -0.2) is 4.98 Å². The number of carbonyl (C=O) groups excluding carboxylic acids is 1. The summed E-state index contributed by atoms with van der Waals surface area (Å²) in [6.45, 7) is 0.182. The average molecular weight is 333 g/mol. The number of amides is 1. The Kier molecular flexibility index (Phi) is 3.96. The van der Waals surface area contributed by atoms with Crippen molar-refractivity contribution in [2.45, 2.75) is 13.0 Å². The second-order valence-corrected chi connectivity index (χ2v) is 5.58. The van der Waals surface area contributed by atoms with E-state index in [4.69, 9.17) is 4.52 Å². The molecule has 0 aliphatic rings. The van der Waals surface area contributed by atoms with Gasteiger partial charge in [-0.3, -0.25) is 4.79 Å². The fourth-order valence-electron chi connectivity index (χ4n) is 2.55. The molecule has 2 N–H and O–H groups in total. The van der Waals surface area contributed by atoms with Gasteiger partial charge in [0.25, 0.3) is 5.91 Å². The molecule has 0 fully saturated rings. The van der Waals surface area contributed by atoms with E-state index in [0.717, 1.165) is 16.6 Å². The lowest BCUT2D eigenvalue weighted by Gasteiger charge is -2.02. The van der Waals surface area contributed by atoms with E-state index < -0.39 is 0 Å². The van der Waals surface area contributed by atoms with Crippen LogP contribution in [0.5, 0.6) is 0 Å². The van der Waals surface area contributed by atoms with Gasteiger partial charge in [0.2, 0.25) is 5.89 Å². The zero-order valence-corrected chi connectivity index (χ0v) is 13.3. The summed E-state index contributed by atoms with van der Waals surface area (Å²) >= 11 is 0. The summed E-state index contributed by atoms with van der Waals surface area (Å²) in [6, 6.07) is 15.2. The molecule has 0 aliphatic heterocycles. The SMILES string of the molecule is O=C(NCc1nc(Cc2ccccc2)no1)c1ccc2nc[nH]c2c1. The molecular formula is C18H15N5O2. The Labute approximate surface area is 143 Å². The number of nitrogens with zero attached hydrogens (tertiary/aromatic N) is 3. The van der Waals surface area contributed by atoms with E-state index in [0.29, 0.717) is 23.7 Å². The highest BCUT2D eigenvalue weighted by atomic mass is 16.5. The predicted molar refractivity (Wildman–Crippen MR) is 90.8 cm³/mol. The molecule has 0 aliphatic carbocycles. The third-order valence-corrected chi connectivity index (χ3v) is 3.80. The second-order valence-electron chi connectivity index (χ2n) is 5.58. The minimum absolute atomic E-state index is 0.182. The lowest BCUT2D eigenvalue weighted by atomic mass is 10.1. The Hall–Kier alpha value is -3.48. The summed E-state index contributed by atoms with van der Waals surface area (Å²) in [5, 5.41) is 6.73. The molecule has 7 heteroatoms. The summed E-state index contributed by atoms with van der Waals surface area (Å²) in [6.07, 6.45) is 2.19. The molecule has 0 radical (unpaired) electrons. The number of aromatic nitrogens is 4. The molecule has 124 valence electrons. The number of nitrogens with one attached hydrogen (secondary N) is 2. The normalized spacial score (nSPS) is 10.9. The van der Waals surface area contributed by atoms with Crippen LogP contribution >= 0.6 is 0 Å². The number of rotatable bonds is 5. The van der Waals surface area contributed by atoms with E-state index in [1.165, 1.54) is 0 Å². The van der Waals surface area contributed by atoms with Crippen LogP contribution in [0, 0.1) is 0 Å². The number of fused-ring (bicyclic) bond motifs is 1. The summed E-state index contributed by atoms with van der Waals surface area (Å²) in [4.78, 5) is 23.7. The van der Waals surface area contributed by atoms with Crippen LogP contribution in [-0.4, -0.2) is 26.0 Å². The summed E-state index contributed by atoms with van der Waals surface area (Å²) in [5.74, 6) is 0.760. The van der Waals surface area contributed by atoms with Crippen LogP contribution in [0.15, 0.2) is 59.4 Å². The number of hydrogen-bond acceptors (Lipinski definition) is 5. The largest absolute Gasteiger partial charge is 0.345 e. The van der Waals surface area contributed by atoms with E-state index in [9.17, 15) is 4.79 Å². The molecule has 2 aromatic heterocycles. The fourth-order valence-corrected chi connectivity index (χ4v) is 2.55. The molecular weight excluding hydrogens is 318 g/mol. The van der Waals surface area contributed by atoms with Crippen LogP contribution in [0.4, 0.5) is 0 Å². The maximum atomic E-state index is 12.2. The standard InChI is InChI=1S/C18H15N5O2/c24-18(13-6-7-14-15(9-13)21-11-20-14)19-10-17-22-16(23-25-17)8-12-4-2-1-3-5-12/h1-7,9,11H,8,10H2,(H,19,24)(H,20,21). The van der Waals surface area contributed by atoms with Gasteiger partial charge < -0.3 is 14.8 Å². The van der Waals surface area contributed by atoms with Crippen LogP contribution < -0.4 is 5.32 Å². The van der Waals surface area contributed by atoms with E-state index in [1.807, 2.05) is 30.3 Å². The van der Waals surface area contributed by atoms with Gasteiger partial charge in [0.1, 0.15) is 0 Å². The molecule has 0 saturated carbocycles. The van der Waals surface area contributed by atoms with E-state index in [2.05, 4.69) is 25.4 Å². The Morgan fingerprint density at radius 1 is 1.16 bits per heavy atom. The molecule has 0 saturated heterocycles. The molecule has 2 heterocycles. The third kappa shape index (κ3) is 3.40. The van der Waals surface area contributed by atoms with Gasteiger partial charge in [-0.2, -0.15) is 4.98 Å². The van der Waals surface area contributed by atoms with E-state index >= 15 is 0 Å². The van der Waals surface area contributed by atoms with Crippen LogP contribution in [0.25, 0.3) is 11.0 Å². The maximum absolute atomic E-state index is 12.2. The van der Waals surface area contributed by atoms with Crippen molar-refractivity contribution in [2.75, 3.05) is 0 Å². The van der Waals surface area contributed by atoms with Gasteiger partial charge in [0, 0.05) is 12.0 Å².